The lowest BCUT2D eigenvalue weighted by molar-refractivity contribution is 0.101. The van der Waals surface area contributed by atoms with E-state index in [9.17, 15) is 9.59 Å². The summed E-state index contributed by atoms with van der Waals surface area (Å²) in [6.45, 7) is 4.39. The van der Waals surface area contributed by atoms with Crippen LogP contribution in [0.5, 0.6) is 0 Å². The van der Waals surface area contributed by atoms with Gasteiger partial charge in [0, 0.05) is 61.2 Å². The lowest BCUT2D eigenvalue weighted by Crippen LogP contribution is -2.50. The number of hydrogen-bond acceptors (Lipinski definition) is 3. The molecule has 1 saturated heterocycles. The van der Waals surface area contributed by atoms with Crippen LogP contribution in [-0.4, -0.2) is 47.5 Å². The van der Waals surface area contributed by atoms with Gasteiger partial charge < -0.3 is 19.7 Å². The molecule has 0 radical (unpaired) electrons. The number of carbonyl (C=O) groups is 2. The number of benzene rings is 2. The normalized spacial score (nSPS) is 14.0. The number of hydrogen-bond donors (Lipinski definition) is 1. The van der Waals surface area contributed by atoms with Crippen LogP contribution < -0.4 is 10.2 Å². The molecule has 1 N–H and O–H groups in total. The molecule has 2 aromatic carbocycles. The molecule has 6 heteroatoms. The molecular formula is C23H24N4O2. The number of amides is 2. The third kappa shape index (κ3) is 4.32. The fraction of sp³-hybridized carbons (Fsp3) is 0.217. The van der Waals surface area contributed by atoms with Crippen molar-refractivity contribution in [2.24, 2.45) is 0 Å². The molecule has 1 fully saturated rings. The van der Waals surface area contributed by atoms with Gasteiger partial charge in [-0.25, -0.2) is 4.79 Å². The van der Waals surface area contributed by atoms with Crippen molar-refractivity contribution in [2.45, 2.75) is 6.92 Å². The summed E-state index contributed by atoms with van der Waals surface area (Å²) in [5, 5.41) is 3.01. The third-order valence-electron chi connectivity index (χ3n) is 5.21. The summed E-state index contributed by atoms with van der Waals surface area (Å²) in [5.41, 5.74) is 3.58. The number of Topliss-reactive ketones (excluding diaryl/α,β-unsaturated/α-hetero) is 1. The van der Waals surface area contributed by atoms with E-state index in [2.05, 4.69) is 10.2 Å². The van der Waals surface area contributed by atoms with Gasteiger partial charge in [-0.3, -0.25) is 4.79 Å². The van der Waals surface area contributed by atoms with Gasteiger partial charge in [0.25, 0.3) is 0 Å². The molecule has 0 atom stereocenters. The Morgan fingerprint density at radius 2 is 1.52 bits per heavy atom. The predicted octanol–water partition coefficient (Wildman–Crippen LogP) is 4.03. The molecule has 0 saturated carbocycles. The van der Waals surface area contributed by atoms with Gasteiger partial charge in [-0.15, -0.1) is 0 Å². The highest BCUT2D eigenvalue weighted by Gasteiger charge is 2.21. The van der Waals surface area contributed by atoms with E-state index in [1.165, 1.54) is 0 Å². The predicted molar refractivity (Wildman–Crippen MR) is 115 cm³/mol. The first-order valence-electron chi connectivity index (χ1n) is 9.75. The van der Waals surface area contributed by atoms with Crippen molar-refractivity contribution in [1.82, 2.24) is 9.47 Å². The molecule has 1 aliphatic heterocycles. The van der Waals surface area contributed by atoms with Gasteiger partial charge in [0.1, 0.15) is 0 Å². The van der Waals surface area contributed by atoms with Crippen LogP contribution in [0.15, 0.2) is 73.1 Å². The van der Waals surface area contributed by atoms with E-state index in [1.54, 1.807) is 6.92 Å². The average molecular weight is 388 g/mol. The van der Waals surface area contributed by atoms with Crippen LogP contribution in [-0.2, 0) is 0 Å². The molecule has 0 bridgehead atoms. The zero-order valence-electron chi connectivity index (χ0n) is 16.4. The van der Waals surface area contributed by atoms with Gasteiger partial charge in [0.2, 0.25) is 0 Å². The number of anilines is 2. The zero-order valence-corrected chi connectivity index (χ0v) is 16.4. The zero-order chi connectivity index (χ0) is 20.2. The number of ketones is 1. The van der Waals surface area contributed by atoms with Gasteiger partial charge in [-0.1, -0.05) is 6.07 Å². The van der Waals surface area contributed by atoms with Crippen molar-refractivity contribution in [3.8, 4) is 5.69 Å². The Balaban J connectivity index is 1.34. The fourth-order valence-electron chi connectivity index (χ4n) is 3.53. The molecule has 0 unspecified atom stereocenters. The quantitative estimate of drug-likeness (QED) is 0.687. The Kier molecular flexibility index (Phi) is 5.33. The highest BCUT2D eigenvalue weighted by molar-refractivity contribution is 5.94. The molecule has 2 heterocycles. The molecule has 6 nitrogen and oxygen atoms in total. The van der Waals surface area contributed by atoms with Crippen LogP contribution in [0.1, 0.15) is 17.3 Å². The first kappa shape index (κ1) is 18.8. The summed E-state index contributed by atoms with van der Waals surface area (Å²) in [5.74, 6) is 0.0684. The van der Waals surface area contributed by atoms with Gasteiger partial charge in [-0.05, 0) is 61.5 Å². The maximum atomic E-state index is 12.7. The maximum absolute atomic E-state index is 12.7. The minimum atomic E-state index is -0.0822. The van der Waals surface area contributed by atoms with Crippen LogP contribution in [0.25, 0.3) is 5.69 Å². The molecule has 1 aromatic heterocycles. The molecule has 0 spiro atoms. The topological polar surface area (TPSA) is 57.6 Å². The molecule has 1 aliphatic rings. The SMILES string of the molecule is CC(=O)c1ccc(N2CCN(C(=O)Nc3cccc(-n4cccc4)c3)CC2)cc1. The van der Waals surface area contributed by atoms with E-state index in [0.29, 0.717) is 18.7 Å². The Labute approximate surface area is 170 Å². The standard InChI is InChI=1S/C23H24N4O2/c1-18(28)19-7-9-21(10-8-19)26-13-15-27(16-14-26)23(29)24-20-5-4-6-22(17-20)25-11-2-3-12-25/h2-12,17H,13-16H2,1H3,(H,24,29). The van der Waals surface area contributed by atoms with Crippen molar-refractivity contribution in [1.29, 1.82) is 0 Å². The number of rotatable bonds is 4. The van der Waals surface area contributed by atoms with Gasteiger partial charge in [0.15, 0.2) is 5.78 Å². The van der Waals surface area contributed by atoms with E-state index >= 15 is 0 Å². The lowest BCUT2D eigenvalue weighted by Gasteiger charge is -2.36. The molecule has 3 aromatic rings. The second kappa shape index (κ2) is 8.22. The summed E-state index contributed by atoms with van der Waals surface area (Å²) < 4.78 is 2.01. The van der Waals surface area contributed by atoms with Gasteiger partial charge >= 0.3 is 6.03 Å². The van der Waals surface area contributed by atoms with Crippen LogP contribution in [0.2, 0.25) is 0 Å². The fourth-order valence-corrected chi connectivity index (χ4v) is 3.53. The molecule has 0 aliphatic carbocycles. The number of nitrogens with zero attached hydrogens (tertiary/aromatic N) is 3. The lowest BCUT2D eigenvalue weighted by atomic mass is 10.1. The number of carbonyl (C=O) groups excluding carboxylic acids is 2. The number of piperazine rings is 1. The third-order valence-corrected chi connectivity index (χ3v) is 5.21. The van der Waals surface area contributed by atoms with E-state index < -0.39 is 0 Å². The Bertz CT molecular complexity index is 988. The van der Waals surface area contributed by atoms with Gasteiger partial charge in [-0.2, -0.15) is 0 Å². The Morgan fingerprint density at radius 3 is 2.17 bits per heavy atom. The summed E-state index contributed by atoms with van der Waals surface area (Å²) >= 11 is 0. The van der Waals surface area contributed by atoms with Crippen molar-refractivity contribution < 1.29 is 9.59 Å². The van der Waals surface area contributed by atoms with Crippen molar-refractivity contribution in [2.75, 3.05) is 36.4 Å². The molecular weight excluding hydrogens is 364 g/mol. The highest BCUT2D eigenvalue weighted by atomic mass is 16.2. The second-order valence-corrected chi connectivity index (χ2v) is 7.15. The first-order chi connectivity index (χ1) is 14.1. The highest BCUT2D eigenvalue weighted by Crippen LogP contribution is 2.19. The van der Waals surface area contributed by atoms with Crippen LogP contribution in [0.4, 0.5) is 16.2 Å². The number of aromatic nitrogens is 1. The van der Waals surface area contributed by atoms with Gasteiger partial charge in [0.05, 0.1) is 0 Å². The van der Waals surface area contributed by atoms with Crippen LogP contribution in [0, 0.1) is 0 Å². The maximum Gasteiger partial charge on any atom is 0.321 e. The van der Waals surface area contributed by atoms with Crippen LogP contribution >= 0.6 is 0 Å². The largest absolute Gasteiger partial charge is 0.368 e. The average Bonchev–Trinajstić information content (AvgIpc) is 3.29. The monoisotopic (exact) mass is 388 g/mol. The second-order valence-electron chi connectivity index (χ2n) is 7.15. The minimum absolute atomic E-state index is 0.0684. The Morgan fingerprint density at radius 1 is 0.828 bits per heavy atom. The molecule has 148 valence electrons. The minimum Gasteiger partial charge on any atom is -0.368 e. The summed E-state index contributed by atoms with van der Waals surface area (Å²) in [4.78, 5) is 28.2. The summed E-state index contributed by atoms with van der Waals surface area (Å²) in [7, 11) is 0. The first-order valence-corrected chi connectivity index (χ1v) is 9.75. The van der Waals surface area contributed by atoms with E-state index in [0.717, 1.165) is 30.2 Å². The van der Waals surface area contributed by atoms with Crippen LogP contribution in [0.3, 0.4) is 0 Å². The number of urea groups is 1. The Hall–Kier alpha value is -3.54. The number of nitrogens with one attached hydrogen (secondary N) is 1. The summed E-state index contributed by atoms with van der Waals surface area (Å²) in [6.07, 6.45) is 3.95. The smallest absolute Gasteiger partial charge is 0.321 e. The van der Waals surface area contributed by atoms with E-state index in [-0.39, 0.29) is 11.8 Å². The van der Waals surface area contributed by atoms with Crippen molar-refractivity contribution >= 4 is 23.2 Å². The van der Waals surface area contributed by atoms with E-state index in [4.69, 9.17) is 0 Å². The van der Waals surface area contributed by atoms with Crippen molar-refractivity contribution in [3.63, 3.8) is 0 Å². The molecule has 2 amide bonds. The molecule has 4 rings (SSSR count). The molecule has 29 heavy (non-hydrogen) atoms. The van der Waals surface area contributed by atoms with E-state index in [1.807, 2.05) is 82.5 Å². The van der Waals surface area contributed by atoms with Crippen molar-refractivity contribution in [3.05, 3.63) is 78.6 Å². The summed E-state index contributed by atoms with van der Waals surface area (Å²) in [6, 6.07) is 19.3.